The van der Waals surface area contributed by atoms with Crippen LogP contribution in [0.25, 0.3) is 0 Å². The van der Waals surface area contributed by atoms with Crippen molar-refractivity contribution >= 4 is 0 Å². The van der Waals surface area contributed by atoms with E-state index in [1.807, 2.05) is 0 Å². The molecule has 0 aromatic carbocycles. The van der Waals surface area contributed by atoms with Crippen molar-refractivity contribution in [2.24, 2.45) is 11.8 Å². The van der Waals surface area contributed by atoms with Crippen molar-refractivity contribution in [1.82, 2.24) is 0 Å². The summed E-state index contributed by atoms with van der Waals surface area (Å²) in [6, 6.07) is 0. The van der Waals surface area contributed by atoms with E-state index in [1.165, 1.54) is 38.5 Å². The molecule has 1 nitrogen and oxygen atoms in total. The van der Waals surface area contributed by atoms with E-state index in [1.54, 1.807) is 0 Å². The minimum absolute atomic E-state index is 0.135. The van der Waals surface area contributed by atoms with Crippen molar-refractivity contribution < 1.29 is 4.74 Å². The lowest BCUT2D eigenvalue weighted by atomic mass is 9.81. The molecule has 0 rings (SSSR count). The lowest BCUT2D eigenvalue weighted by molar-refractivity contribution is -0.101. The molecule has 0 aliphatic rings. The minimum Gasteiger partial charge on any atom is -0.374 e. The van der Waals surface area contributed by atoms with Gasteiger partial charge in [-0.15, -0.1) is 0 Å². The first kappa shape index (κ1) is 17.0. The highest BCUT2D eigenvalue weighted by Gasteiger charge is 2.33. The highest BCUT2D eigenvalue weighted by atomic mass is 16.5. The van der Waals surface area contributed by atoms with Crippen molar-refractivity contribution in [3.63, 3.8) is 0 Å². The molecule has 0 radical (unpaired) electrons. The van der Waals surface area contributed by atoms with Crippen LogP contribution in [0.3, 0.4) is 0 Å². The average molecular weight is 242 g/mol. The Bertz CT molecular complexity index is 164. The summed E-state index contributed by atoms with van der Waals surface area (Å²) in [6.07, 6.45) is 7.58. The summed E-state index contributed by atoms with van der Waals surface area (Å²) in [6.45, 7) is 14.6. The molecule has 0 bridgehead atoms. The van der Waals surface area contributed by atoms with Crippen LogP contribution in [0.1, 0.15) is 80.1 Å². The third-order valence-corrected chi connectivity index (χ3v) is 3.66. The van der Waals surface area contributed by atoms with Gasteiger partial charge in [0, 0.05) is 6.61 Å². The quantitative estimate of drug-likeness (QED) is 0.496. The summed E-state index contributed by atoms with van der Waals surface area (Å²) in [7, 11) is 0. The third kappa shape index (κ3) is 6.45. The molecule has 0 fully saturated rings. The fourth-order valence-electron chi connectivity index (χ4n) is 2.30. The third-order valence-electron chi connectivity index (χ3n) is 3.66. The van der Waals surface area contributed by atoms with Gasteiger partial charge in [-0.25, -0.2) is 0 Å². The van der Waals surface area contributed by atoms with Crippen LogP contribution in [0.2, 0.25) is 0 Å². The molecule has 104 valence electrons. The largest absolute Gasteiger partial charge is 0.374 e. The number of hydrogen-bond acceptors (Lipinski definition) is 1. The molecule has 0 aromatic rings. The first-order valence-electron chi connectivity index (χ1n) is 7.62. The monoisotopic (exact) mass is 242 g/mol. The van der Waals surface area contributed by atoms with Crippen LogP contribution in [-0.4, -0.2) is 12.2 Å². The van der Waals surface area contributed by atoms with E-state index < -0.39 is 0 Å². The van der Waals surface area contributed by atoms with Crippen molar-refractivity contribution in [3.8, 4) is 0 Å². The summed E-state index contributed by atoms with van der Waals surface area (Å²) < 4.78 is 6.36. The predicted octanol–water partition coefficient (Wildman–Crippen LogP) is 5.43. The maximum Gasteiger partial charge on any atom is 0.0705 e. The van der Waals surface area contributed by atoms with E-state index in [2.05, 4.69) is 41.5 Å². The second-order valence-electron chi connectivity index (χ2n) is 6.13. The fourth-order valence-corrected chi connectivity index (χ4v) is 2.30. The molecule has 0 spiro atoms. The van der Waals surface area contributed by atoms with Gasteiger partial charge in [-0.05, 0) is 24.7 Å². The fraction of sp³-hybridized carbons (Fsp3) is 1.00. The van der Waals surface area contributed by atoms with Gasteiger partial charge in [0.15, 0.2) is 0 Å². The molecule has 0 aromatic heterocycles. The molecule has 0 N–H and O–H groups in total. The molecule has 0 amide bonds. The summed E-state index contributed by atoms with van der Waals surface area (Å²) in [5.74, 6) is 1.26. The second-order valence-corrected chi connectivity index (χ2v) is 6.13. The molecular formula is C16H34O. The Morgan fingerprint density at radius 1 is 0.882 bits per heavy atom. The van der Waals surface area contributed by atoms with Gasteiger partial charge in [0.2, 0.25) is 0 Å². The standard InChI is InChI=1S/C16H34O/c1-7-9-11-16(15(5)6,12-10-8-2)17-13-14(3)4/h14-15H,7-13H2,1-6H3. The Kier molecular flexibility index (Phi) is 8.94. The average Bonchev–Trinajstić information content (AvgIpc) is 2.28. The van der Waals surface area contributed by atoms with Crippen LogP contribution in [0.5, 0.6) is 0 Å². The number of unbranched alkanes of at least 4 members (excludes halogenated alkanes) is 2. The van der Waals surface area contributed by atoms with E-state index in [0.717, 1.165) is 6.61 Å². The smallest absolute Gasteiger partial charge is 0.0705 e. The highest BCUT2D eigenvalue weighted by Crippen LogP contribution is 2.34. The summed E-state index contributed by atoms with van der Waals surface area (Å²) >= 11 is 0. The Morgan fingerprint density at radius 3 is 1.65 bits per heavy atom. The lowest BCUT2D eigenvalue weighted by Crippen LogP contribution is -2.39. The summed E-state index contributed by atoms with van der Waals surface area (Å²) in [4.78, 5) is 0. The summed E-state index contributed by atoms with van der Waals surface area (Å²) in [5.41, 5.74) is 0.135. The number of hydrogen-bond donors (Lipinski definition) is 0. The van der Waals surface area contributed by atoms with Gasteiger partial charge in [0.1, 0.15) is 0 Å². The van der Waals surface area contributed by atoms with E-state index in [4.69, 9.17) is 4.74 Å². The minimum atomic E-state index is 0.135. The van der Waals surface area contributed by atoms with Crippen LogP contribution in [0.15, 0.2) is 0 Å². The van der Waals surface area contributed by atoms with Crippen LogP contribution in [0.4, 0.5) is 0 Å². The van der Waals surface area contributed by atoms with Crippen LogP contribution in [-0.2, 0) is 4.74 Å². The molecule has 0 aliphatic heterocycles. The normalized spacial score (nSPS) is 12.7. The molecule has 0 heterocycles. The second kappa shape index (κ2) is 8.97. The Morgan fingerprint density at radius 2 is 1.35 bits per heavy atom. The topological polar surface area (TPSA) is 9.23 Å². The lowest BCUT2D eigenvalue weighted by Gasteiger charge is -2.39. The van der Waals surface area contributed by atoms with Crippen LogP contribution >= 0.6 is 0 Å². The van der Waals surface area contributed by atoms with E-state index in [9.17, 15) is 0 Å². The van der Waals surface area contributed by atoms with Gasteiger partial charge < -0.3 is 4.74 Å². The van der Waals surface area contributed by atoms with Crippen LogP contribution < -0.4 is 0 Å². The highest BCUT2D eigenvalue weighted by molar-refractivity contribution is 4.84. The maximum absolute atomic E-state index is 6.36. The Balaban J connectivity index is 4.56. The predicted molar refractivity (Wildman–Crippen MR) is 77.4 cm³/mol. The molecule has 0 aliphatic carbocycles. The molecular weight excluding hydrogens is 208 g/mol. The van der Waals surface area contributed by atoms with Gasteiger partial charge in [0.05, 0.1) is 5.60 Å². The molecule has 0 saturated heterocycles. The van der Waals surface area contributed by atoms with Gasteiger partial charge in [0.25, 0.3) is 0 Å². The SMILES string of the molecule is CCCCC(CCCC)(OCC(C)C)C(C)C. The maximum atomic E-state index is 6.36. The molecule has 0 atom stereocenters. The molecule has 1 heteroatoms. The zero-order valence-electron chi connectivity index (χ0n) is 13.0. The van der Waals surface area contributed by atoms with Crippen molar-refractivity contribution in [2.75, 3.05) is 6.61 Å². The zero-order valence-corrected chi connectivity index (χ0v) is 13.0. The van der Waals surface area contributed by atoms with Gasteiger partial charge in [-0.1, -0.05) is 67.2 Å². The molecule has 17 heavy (non-hydrogen) atoms. The van der Waals surface area contributed by atoms with Crippen molar-refractivity contribution in [3.05, 3.63) is 0 Å². The van der Waals surface area contributed by atoms with Gasteiger partial charge in [-0.2, -0.15) is 0 Å². The van der Waals surface area contributed by atoms with E-state index in [-0.39, 0.29) is 5.60 Å². The van der Waals surface area contributed by atoms with E-state index in [0.29, 0.717) is 11.8 Å². The van der Waals surface area contributed by atoms with Crippen molar-refractivity contribution in [1.29, 1.82) is 0 Å². The van der Waals surface area contributed by atoms with Gasteiger partial charge in [-0.3, -0.25) is 0 Å². The Labute approximate surface area is 109 Å². The molecule has 0 saturated carbocycles. The van der Waals surface area contributed by atoms with Gasteiger partial charge >= 0.3 is 0 Å². The van der Waals surface area contributed by atoms with E-state index >= 15 is 0 Å². The first-order valence-corrected chi connectivity index (χ1v) is 7.62. The van der Waals surface area contributed by atoms with Crippen LogP contribution in [0, 0.1) is 11.8 Å². The number of rotatable bonds is 10. The first-order chi connectivity index (χ1) is 7.98. The zero-order chi connectivity index (χ0) is 13.3. The Hall–Kier alpha value is -0.0400. The van der Waals surface area contributed by atoms with Crippen molar-refractivity contribution in [2.45, 2.75) is 85.7 Å². The number of ether oxygens (including phenoxy) is 1. The summed E-state index contributed by atoms with van der Waals surface area (Å²) in [5, 5.41) is 0. The molecule has 0 unspecified atom stereocenters.